The lowest BCUT2D eigenvalue weighted by Crippen LogP contribution is -2.09. The molecule has 0 aromatic heterocycles. The lowest BCUT2D eigenvalue weighted by atomic mass is 10.2. The summed E-state index contributed by atoms with van der Waals surface area (Å²) in [5.74, 6) is -0.528. The van der Waals surface area contributed by atoms with Crippen LogP contribution in [0.2, 0.25) is 0 Å². The van der Waals surface area contributed by atoms with E-state index in [1.807, 2.05) is 0 Å². The Morgan fingerprint density at radius 2 is 2.00 bits per heavy atom. The Morgan fingerprint density at radius 3 is 2.53 bits per heavy atom. The Bertz CT molecular complexity index is 506. The van der Waals surface area contributed by atoms with Gasteiger partial charge in [-0.15, -0.1) is 0 Å². The van der Waals surface area contributed by atoms with E-state index in [4.69, 9.17) is 0 Å². The Hall–Kier alpha value is -0.420. The van der Waals surface area contributed by atoms with Crippen molar-refractivity contribution in [3.8, 4) is 0 Å². The zero-order chi connectivity index (χ0) is 11.2. The zero-order valence-corrected chi connectivity index (χ0v) is 10.5. The van der Waals surface area contributed by atoms with Crippen LogP contribution in [-0.2, 0) is 9.84 Å². The Kier molecular flexibility index (Phi) is 2.63. The number of sulfone groups is 1. The van der Waals surface area contributed by atoms with Gasteiger partial charge in [0.15, 0.2) is 9.84 Å². The molecule has 0 atom stereocenters. The highest BCUT2D eigenvalue weighted by Crippen LogP contribution is 2.36. The average Bonchev–Trinajstić information content (AvgIpc) is 2.93. The van der Waals surface area contributed by atoms with Gasteiger partial charge in [-0.1, -0.05) is 0 Å². The van der Waals surface area contributed by atoms with Gasteiger partial charge in [0.05, 0.1) is 14.6 Å². The van der Waals surface area contributed by atoms with Gasteiger partial charge in [-0.2, -0.15) is 0 Å². The SMILES string of the molecule is Cc1cc(Br)c(F)cc1S(=O)(=O)C1CC1. The highest BCUT2D eigenvalue weighted by atomic mass is 79.9. The summed E-state index contributed by atoms with van der Waals surface area (Å²) >= 11 is 3.03. The van der Waals surface area contributed by atoms with Crippen molar-refractivity contribution in [3.63, 3.8) is 0 Å². The molecule has 0 aliphatic heterocycles. The molecule has 0 unspecified atom stereocenters. The Balaban J connectivity index is 2.57. The summed E-state index contributed by atoms with van der Waals surface area (Å²) in [5, 5.41) is -0.295. The normalized spacial score (nSPS) is 16.7. The molecule has 2 nitrogen and oxygen atoms in total. The van der Waals surface area contributed by atoms with Gasteiger partial charge < -0.3 is 0 Å². The van der Waals surface area contributed by atoms with Gasteiger partial charge in [0.2, 0.25) is 0 Å². The van der Waals surface area contributed by atoms with Crippen LogP contribution in [0.1, 0.15) is 18.4 Å². The van der Waals surface area contributed by atoms with Crippen LogP contribution in [0.3, 0.4) is 0 Å². The lowest BCUT2D eigenvalue weighted by Gasteiger charge is -2.07. The van der Waals surface area contributed by atoms with Crippen LogP contribution < -0.4 is 0 Å². The van der Waals surface area contributed by atoms with Gasteiger partial charge in [0, 0.05) is 0 Å². The van der Waals surface area contributed by atoms with Gasteiger partial charge in [0.1, 0.15) is 5.82 Å². The van der Waals surface area contributed by atoms with E-state index in [2.05, 4.69) is 15.9 Å². The standard InChI is InChI=1S/C10H10BrFO2S/c1-6-4-8(11)9(12)5-10(6)15(13,14)7-2-3-7/h4-5,7H,2-3H2,1H3. The van der Waals surface area contributed by atoms with Crippen molar-refractivity contribution in [2.75, 3.05) is 0 Å². The quantitative estimate of drug-likeness (QED) is 0.840. The summed E-state index contributed by atoms with van der Waals surface area (Å²) in [5.41, 5.74) is 0.593. The second-order valence-electron chi connectivity index (χ2n) is 3.78. The van der Waals surface area contributed by atoms with E-state index in [1.54, 1.807) is 6.92 Å². The molecule has 0 radical (unpaired) electrons. The molecule has 0 saturated heterocycles. The predicted molar refractivity (Wildman–Crippen MR) is 59.0 cm³/mol. The van der Waals surface area contributed by atoms with Crippen molar-refractivity contribution in [1.82, 2.24) is 0 Å². The van der Waals surface area contributed by atoms with E-state index >= 15 is 0 Å². The molecule has 1 aliphatic carbocycles. The topological polar surface area (TPSA) is 34.1 Å². The van der Waals surface area contributed by atoms with Gasteiger partial charge in [-0.25, -0.2) is 12.8 Å². The molecule has 82 valence electrons. The van der Waals surface area contributed by atoms with Crippen molar-refractivity contribution in [2.45, 2.75) is 29.9 Å². The minimum absolute atomic E-state index is 0.130. The highest BCUT2D eigenvalue weighted by Gasteiger charge is 2.37. The lowest BCUT2D eigenvalue weighted by molar-refractivity contribution is 0.587. The van der Waals surface area contributed by atoms with E-state index in [1.165, 1.54) is 6.07 Å². The van der Waals surface area contributed by atoms with Gasteiger partial charge >= 0.3 is 0 Å². The monoisotopic (exact) mass is 292 g/mol. The molecule has 5 heteroatoms. The number of aryl methyl sites for hydroxylation is 1. The maximum Gasteiger partial charge on any atom is 0.181 e. The third-order valence-corrected chi connectivity index (χ3v) is 5.50. The minimum Gasteiger partial charge on any atom is -0.223 e. The highest BCUT2D eigenvalue weighted by molar-refractivity contribution is 9.10. The minimum atomic E-state index is -3.30. The Labute approximate surface area is 96.5 Å². The largest absolute Gasteiger partial charge is 0.223 e. The third kappa shape index (κ3) is 1.95. The molecule has 0 spiro atoms. The maximum atomic E-state index is 13.3. The van der Waals surface area contributed by atoms with Crippen LogP contribution in [0.15, 0.2) is 21.5 Å². The molecule has 0 N–H and O–H groups in total. The van der Waals surface area contributed by atoms with E-state index in [0.717, 1.165) is 6.07 Å². The van der Waals surface area contributed by atoms with Crippen molar-refractivity contribution in [3.05, 3.63) is 28.0 Å². The second kappa shape index (κ2) is 3.56. The van der Waals surface area contributed by atoms with Crippen LogP contribution in [0.25, 0.3) is 0 Å². The average molecular weight is 293 g/mol. The van der Waals surface area contributed by atoms with Crippen LogP contribution in [0.4, 0.5) is 4.39 Å². The summed E-state index contributed by atoms with van der Waals surface area (Å²) < 4.78 is 37.4. The summed E-state index contributed by atoms with van der Waals surface area (Å²) in [6.07, 6.45) is 1.39. The fraction of sp³-hybridized carbons (Fsp3) is 0.400. The first-order valence-corrected chi connectivity index (χ1v) is 6.96. The fourth-order valence-corrected chi connectivity index (χ4v) is 3.84. The molecule has 0 heterocycles. The first-order valence-electron chi connectivity index (χ1n) is 4.62. The molecule has 1 aliphatic rings. The maximum absolute atomic E-state index is 13.3. The van der Waals surface area contributed by atoms with E-state index < -0.39 is 15.7 Å². The van der Waals surface area contributed by atoms with Crippen LogP contribution in [0, 0.1) is 12.7 Å². The van der Waals surface area contributed by atoms with E-state index in [9.17, 15) is 12.8 Å². The fourth-order valence-electron chi connectivity index (χ4n) is 1.49. The third-order valence-electron chi connectivity index (χ3n) is 2.49. The zero-order valence-electron chi connectivity index (χ0n) is 8.13. The van der Waals surface area contributed by atoms with E-state index in [0.29, 0.717) is 22.9 Å². The molecule has 1 aromatic carbocycles. The smallest absolute Gasteiger partial charge is 0.181 e. The molecule has 15 heavy (non-hydrogen) atoms. The molecule has 1 saturated carbocycles. The molecule has 0 bridgehead atoms. The van der Waals surface area contributed by atoms with Crippen molar-refractivity contribution in [1.29, 1.82) is 0 Å². The first-order chi connectivity index (χ1) is 6.93. The number of hydrogen-bond acceptors (Lipinski definition) is 2. The predicted octanol–water partition coefficient (Wildman–Crippen LogP) is 2.83. The molecular weight excluding hydrogens is 283 g/mol. The Morgan fingerprint density at radius 1 is 1.40 bits per heavy atom. The van der Waals surface area contributed by atoms with Crippen LogP contribution in [-0.4, -0.2) is 13.7 Å². The first kappa shape index (κ1) is 11.1. The van der Waals surface area contributed by atoms with Gasteiger partial charge in [-0.05, 0) is 53.4 Å². The van der Waals surface area contributed by atoms with Crippen LogP contribution in [0.5, 0.6) is 0 Å². The molecule has 1 aromatic rings. The molecule has 1 fully saturated rings. The summed E-state index contributed by atoms with van der Waals surface area (Å²) in [6.45, 7) is 1.68. The van der Waals surface area contributed by atoms with Crippen molar-refractivity contribution < 1.29 is 12.8 Å². The second-order valence-corrected chi connectivity index (χ2v) is 6.83. The molecule has 2 rings (SSSR count). The van der Waals surface area contributed by atoms with Gasteiger partial charge in [0.25, 0.3) is 0 Å². The molecule has 0 amide bonds. The van der Waals surface area contributed by atoms with Crippen LogP contribution >= 0.6 is 15.9 Å². The molecular formula is C10H10BrFO2S. The summed E-state index contributed by atoms with van der Waals surface area (Å²) in [7, 11) is -3.30. The summed E-state index contributed by atoms with van der Waals surface area (Å²) in [6, 6.07) is 2.61. The number of rotatable bonds is 2. The van der Waals surface area contributed by atoms with Crippen molar-refractivity contribution in [2.24, 2.45) is 0 Å². The number of halogens is 2. The van der Waals surface area contributed by atoms with Gasteiger partial charge in [-0.3, -0.25) is 0 Å². The summed E-state index contributed by atoms with van der Waals surface area (Å²) in [4.78, 5) is 0.130. The number of hydrogen-bond donors (Lipinski definition) is 0. The number of benzene rings is 1. The van der Waals surface area contributed by atoms with E-state index in [-0.39, 0.29) is 10.1 Å². The van der Waals surface area contributed by atoms with Crippen molar-refractivity contribution >= 4 is 25.8 Å².